The second-order valence-corrected chi connectivity index (χ2v) is 18.3. The predicted molar refractivity (Wildman–Crippen MR) is 226 cm³/mol. The molecular formula is C46H68N2O6S. The predicted octanol–water partition coefficient (Wildman–Crippen LogP) is 11.1. The Hall–Kier alpha value is -3.69. The molecule has 2 amide bonds. The van der Waals surface area contributed by atoms with E-state index in [4.69, 9.17) is 9.47 Å². The fraction of sp³-hybridized carbons (Fsp3) is 0.565. The van der Waals surface area contributed by atoms with Crippen LogP contribution in [0, 0.1) is 0 Å². The quantitative estimate of drug-likeness (QED) is 0.0825. The van der Waals surface area contributed by atoms with Gasteiger partial charge in [0.05, 0.1) is 4.90 Å². The molecule has 3 N–H and O–H groups in total. The van der Waals surface area contributed by atoms with E-state index in [1.54, 1.807) is 0 Å². The fourth-order valence-corrected chi connectivity index (χ4v) is 6.57. The van der Waals surface area contributed by atoms with Crippen LogP contribution in [0.2, 0.25) is 0 Å². The van der Waals surface area contributed by atoms with Crippen LogP contribution >= 0.6 is 0 Å². The molecule has 3 rings (SSSR count). The van der Waals surface area contributed by atoms with Gasteiger partial charge in [-0.3, -0.25) is 9.59 Å². The number of hydrogen-bond acceptors (Lipinski definition) is 5. The van der Waals surface area contributed by atoms with E-state index in [0.29, 0.717) is 24.3 Å². The molecule has 0 heterocycles. The van der Waals surface area contributed by atoms with Crippen LogP contribution in [0.25, 0.3) is 0 Å². The third-order valence-corrected chi connectivity index (χ3v) is 12.7. The van der Waals surface area contributed by atoms with Gasteiger partial charge < -0.3 is 24.7 Å². The molecule has 0 spiro atoms. The van der Waals surface area contributed by atoms with Crippen molar-refractivity contribution in [2.24, 2.45) is 0 Å². The highest BCUT2D eigenvalue weighted by atomic mass is 32.2. The van der Waals surface area contributed by atoms with Crippen LogP contribution in [0.15, 0.2) is 59.5 Å². The van der Waals surface area contributed by atoms with Crippen molar-refractivity contribution in [3.63, 3.8) is 0 Å². The second kappa shape index (κ2) is 18.5. The largest absolute Gasteiger partial charge is 0.470 e. The van der Waals surface area contributed by atoms with Gasteiger partial charge in [0, 0.05) is 35.1 Å². The van der Waals surface area contributed by atoms with Crippen LogP contribution in [0.5, 0.6) is 11.5 Å². The Labute approximate surface area is 334 Å². The fourth-order valence-electron chi connectivity index (χ4n) is 6.11. The summed E-state index contributed by atoms with van der Waals surface area (Å²) in [5.74, 6) is 0.329. The van der Waals surface area contributed by atoms with E-state index in [-0.39, 0.29) is 37.7 Å². The van der Waals surface area contributed by atoms with Gasteiger partial charge >= 0.3 is 0 Å². The molecular weight excluding hydrogens is 709 g/mol. The molecule has 55 heavy (non-hydrogen) atoms. The second-order valence-electron chi connectivity index (χ2n) is 17.3. The van der Waals surface area contributed by atoms with Crippen molar-refractivity contribution in [3.05, 3.63) is 88.0 Å². The smallest absolute Gasteiger partial charge is 0.254 e. The number of rotatable bonds is 19. The highest BCUT2D eigenvalue weighted by molar-refractivity contribution is 7.79. The zero-order valence-electron chi connectivity index (χ0n) is 36.0. The van der Waals surface area contributed by atoms with Gasteiger partial charge in [0.15, 0.2) is 23.5 Å². The summed E-state index contributed by atoms with van der Waals surface area (Å²) < 4.78 is 35.4. The standard InChI is InChI=1S/C46H68N2O6S/c1-15-39(53-37-23-21-32(43(7,8)17-3)28-35(37)45(11,12)19-5)47-41(49)30-25-31(27-34(26-30)55(51)52)42(50)48-40(16-2)54-38-24-22-33(44(9,10)18-4)29-36(38)46(13,14)20-6/h21-29,39-40H,15-20H2,1-14H3,(H,47,49)(H,48,50)(H,51,52). The first kappa shape index (κ1) is 45.7. The van der Waals surface area contributed by atoms with E-state index < -0.39 is 35.4 Å². The van der Waals surface area contributed by atoms with E-state index >= 15 is 0 Å². The lowest BCUT2D eigenvalue weighted by Gasteiger charge is -2.31. The summed E-state index contributed by atoms with van der Waals surface area (Å²) in [6, 6.07) is 16.7. The Morgan fingerprint density at radius 3 is 1.22 bits per heavy atom. The van der Waals surface area contributed by atoms with Gasteiger partial charge in [-0.2, -0.15) is 0 Å². The van der Waals surface area contributed by atoms with E-state index in [2.05, 4.69) is 118 Å². The average Bonchev–Trinajstić information content (AvgIpc) is 3.16. The first-order chi connectivity index (χ1) is 25.6. The van der Waals surface area contributed by atoms with Gasteiger partial charge in [-0.1, -0.05) is 121 Å². The topological polar surface area (TPSA) is 114 Å². The molecule has 0 aliphatic rings. The van der Waals surface area contributed by atoms with Gasteiger partial charge in [-0.05, 0) is 88.8 Å². The molecule has 304 valence electrons. The summed E-state index contributed by atoms with van der Waals surface area (Å²) >= 11 is -2.45. The van der Waals surface area contributed by atoms with Gasteiger partial charge in [0.25, 0.3) is 11.8 Å². The lowest BCUT2D eigenvalue weighted by molar-refractivity contribution is 0.0816. The Kier molecular flexibility index (Phi) is 15.4. The van der Waals surface area contributed by atoms with Crippen molar-refractivity contribution >= 4 is 22.9 Å². The monoisotopic (exact) mass is 776 g/mol. The molecule has 3 atom stereocenters. The van der Waals surface area contributed by atoms with Crippen LogP contribution in [-0.4, -0.2) is 33.0 Å². The van der Waals surface area contributed by atoms with Crippen molar-refractivity contribution in [2.75, 3.05) is 0 Å². The van der Waals surface area contributed by atoms with Gasteiger partial charge in [0.1, 0.15) is 11.5 Å². The molecule has 0 aromatic heterocycles. The molecule has 3 unspecified atom stereocenters. The number of benzene rings is 3. The maximum atomic E-state index is 13.8. The molecule has 0 saturated heterocycles. The molecule has 0 fully saturated rings. The zero-order chi connectivity index (χ0) is 41.5. The molecule has 8 nitrogen and oxygen atoms in total. The van der Waals surface area contributed by atoms with Crippen molar-refractivity contribution in [2.45, 2.75) is 174 Å². The van der Waals surface area contributed by atoms with Crippen LogP contribution in [0.3, 0.4) is 0 Å². The molecule has 0 bridgehead atoms. The molecule has 0 saturated carbocycles. The highest BCUT2D eigenvalue weighted by Gasteiger charge is 2.30. The van der Waals surface area contributed by atoms with Crippen LogP contribution < -0.4 is 20.1 Å². The molecule has 0 radical (unpaired) electrons. The first-order valence-electron chi connectivity index (χ1n) is 20.1. The van der Waals surface area contributed by atoms with Crippen molar-refractivity contribution in [3.8, 4) is 11.5 Å². The molecule has 9 heteroatoms. The van der Waals surface area contributed by atoms with Crippen LogP contribution in [0.4, 0.5) is 0 Å². The number of amides is 2. The highest BCUT2D eigenvalue weighted by Crippen LogP contribution is 2.40. The summed E-state index contributed by atoms with van der Waals surface area (Å²) in [4.78, 5) is 27.5. The van der Waals surface area contributed by atoms with E-state index in [9.17, 15) is 18.4 Å². The minimum atomic E-state index is -2.45. The number of carbonyl (C=O) groups is 2. The average molecular weight is 777 g/mol. The SMILES string of the molecule is CCC(NC(=O)c1cc(C(=O)NC(CC)Oc2ccc(C(C)(C)CC)cc2C(C)(C)CC)cc(S(=O)O)c1)Oc1ccc(C(C)(C)CC)cc1C(C)(C)CC. The summed E-state index contributed by atoms with van der Waals surface area (Å²) in [6.45, 7) is 30.2. The number of nitrogens with one attached hydrogen (secondary N) is 2. The Morgan fingerprint density at radius 1 is 0.582 bits per heavy atom. The van der Waals surface area contributed by atoms with Crippen LogP contribution in [-0.2, 0) is 32.7 Å². The lowest BCUT2D eigenvalue weighted by Crippen LogP contribution is -2.40. The normalized spacial score (nSPS) is 14.2. The summed E-state index contributed by atoms with van der Waals surface area (Å²) in [7, 11) is 0. The third kappa shape index (κ3) is 11.2. The molecule has 3 aromatic carbocycles. The Bertz CT molecular complexity index is 1710. The summed E-state index contributed by atoms with van der Waals surface area (Å²) in [5.41, 5.74) is 4.35. The lowest BCUT2D eigenvalue weighted by atomic mass is 9.76. The van der Waals surface area contributed by atoms with E-state index in [1.165, 1.54) is 29.3 Å². The molecule has 0 aliphatic heterocycles. The maximum Gasteiger partial charge on any atom is 0.254 e. The molecule has 3 aromatic rings. The number of carbonyl (C=O) groups excluding carboxylic acids is 2. The number of hydrogen-bond donors (Lipinski definition) is 3. The Morgan fingerprint density at radius 2 is 0.927 bits per heavy atom. The maximum absolute atomic E-state index is 13.8. The van der Waals surface area contributed by atoms with Gasteiger partial charge in [0.2, 0.25) is 0 Å². The zero-order valence-corrected chi connectivity index (χ0v) is 36.8. The Balaban J connectivity index is 1.92. The third-order valence-electron chi connectivity index (χ3n) is 12.0. The van der Waals surface area contributed by atoms with Crippen molar-refractivity contribution < 1.29 is 27.8 Å². The summed E-state index contributed by atoms with van der Waals surface area (Å²) in [6.07, 6.45) is 3.29. The van der Waals surface area contributed by atoms with Gasteiger partial charge in [-0.15, -0.1) is 0 Å². The first-order valence-corrected chi connectivity index (χ1v) is 21.2. The minimum Gasteiger partial charge on any atom is -0.470 e. The number of ether oxygens (including phenoxy) is 2. The molecule has 0 aliphatic carbocycles. The summed E-state index contributed by atoms with van der Waals surface area (Å²) in [5, 5.41) is 5.90. The van der Waals surface area contributed by atoms with E-state index in [0.717, 1.165) is 36.8 Å². The minimum absolute atomic E-state index is 0.00716. The van der Waals surface area contributed by atoms with E-state index in [1.807, 2.05) is 26.0 Å². The van der Waals surface area contributed by atoms with Crippen molar-refractivity contribution in [1.82, 2.24) is 10.6 Å². The van der Waals surface area contributed by atoms with Gasteiger partial charge in [-0.25, -0.2) is 4.21 Å². The van der Waals surface area contributed by atoms with Crippen molar-refractivity contribution in [1.29, 1.82) is 0 Å². The van der Waals surface area contributed by atoms with Crippen LogP contribution in [0.1, 0.15) is 178 Å².